The lowest BCUT2D eigenvalue weighted by Gasteiger charge is -2.10. The number of hydrogen-bond donors (Lipinski definition) is 0. The SMILES string of the molecule is COC(C)O[SiH2]CCc1ccccc1. The maximum absolute atomic E-state index is 5.53. The van der Waals surface area contributed by atoms with Crippen LogP contribution in [0.1, 0.15) is 12.5 Å². The van der Waals surface area contributed by atoms with E-state index in [0.29, 0.717) is 0 Å². The minimum absolute atomic E-state index is 0.0301. The minimum Gasteiger partial charge on any atom is -0.400 e. The first-order valence-corrected chi connectivity index (χ1v) is 6.59. The Morgan fingerprint density at radius 1 is 1.29 bits per heavy atom. The summed E-state index contributed by atoms with van der Waals surface area (Å²) in [6, 6.07) is 11.7. The Labute approximate surface area is 88.2 Å². The lowest BCUT2D eigenvalue weighted by Crippen LogP contribution is -2.13. The highest BCUT2D eigenvalue weighted by Gasteiger charge is 1.98. The molecular formula is C11H18O2Si. The Morgan fingerprint density at radius 2 is 2.00 bits per heavy atom. The van der Waals surface area contributed by atoms with Gasteiger partial charge in [0.15, 0.2) is 9.76 Å². The highest BCUT2D eigenvalue weighted by atomic mass is 28.2. The van der Waals surface area contributed by atoms with Gasteiger partial charge in [-0.1, -0.05) is 30.3 Å². The largest absolute Gasteiger partial charge is 0.400 e. The first-order chi connectivity index (χ1) is 6.83. The molecule has 0 N–H and O–H groups in total. The standard InChI is InChI=1S/C11H18O2Si/c1-10(12-2)13-14-9-8-11-6-4-3-5-7-11/h3-7,10H,8-9,14H2,1-2H3. The van der Waals surface area contributed by atoms with Gasteiger partial charge in [0, 0.05) is 7.11 Å². The number of ether oxygens (including phenoxy) is 1. The van der Waals surface area contributed by atoms with Crippen molar-refractivity contribution >= 4 is 9.76 Å². The average molecular weight is 210 g/mol. The lowest BCUT2D eigenvalue weighted by molar-refractivity contribution is -0.0371. The maximum atomic E-state index is 5.53. The molecule has 1 unspecified atom stereocenters. The minimum atomic E-state index is -0.416. The summed E-state index contributed by atoms with van der Waals surface area (Å²) in [5, 5.41) is 0. The molecule has 78 valence electrons. The van der Waals surface area contributed by atoms with E-state index in [1.807, 2.05) is 13.0 Å². The molecule has 1 aromatic carbocycles. The molecule has 0 fully saturated rings. The quantitative estimate of drug-likeness (QED) is 0.404. The van der Waals surface area contributed by atoms with Gasteiger partial charge in [-0.3, -0.25) is 0 Å². The average Bonchev–Trinajstić information content (AvgIpc) is 2.25. The predicted molar refractivity (Wildman–Crippen MR) is 61.1 cm³/mol. The van der Waals surface area contributed by atoms with E-state index < -0.39 is 9.76 Å². The molecule has 3 heteroatoms. The van der Waals surface area contributed by atoms with Crippen LogP contribution < -0.4 is 0 Å². The number of benzene rings is 1. The van der Waals surface area contributed by atoms with Gasteiger partial charge in [0.2, 0.25) is 0 Å². The first-order valence-electron chi connectivity index (χ1n) is 5.01. The number of rotatable bonds is 6. The molecule has 14 heavy (non-hydrogen) atoms. The van der Waals surface area contributed by atoms with Crippen molar-refractivity contribution < 1.29 is 9.16 Å². The monoisotopic (exact) mass is 210 g/mol. The van der Waals surface area contributed by atoms with Crippen LogP contribution in [0.4, 0.5) is 0 Å². The van der Waals surface area contributed by atoms with Gasteiger partial charge in [-0.2, -0.15) is 0 Å². The van der Waals surface area contributed by atoms with Crippen molar-refractivity contribution in [2.24, 2.45) is 0 Å². The van der Waals surface area contributed by atoms with E-state index in [1.54, 1.807) is 7.11 Å². The molecule has 0 radical (unpaired) electrons. The number of hydrogen-bond acceptors (Lipinski definition) is 2. The van der Waals surface area contributed by atoms with E-state index >= 15 is 0 Å². The third-order valence-corrected chi connectivity index (χ3v) is 3.48. The van der Waals surface area contributed by atoms with Gasteiger partial charge in [0.05, 0.1) is 0 Å². The molecule has 0 aromatic heterocycles. The van der Waals surface area contributed by atoms with Crippen molar-refractivity contribution in [1.29, 1.82) is 0 Å². The second-order valence-corrected chi connectivity index (χ2v) is 4.71. The van der Waals surface area contributed by atoms with Gasteiger partial charge >= 0.3 is 0 Å². The summed E-state index contributed by atoms with van der Waals surface area (Å²) in [5.41, 5.74) is 1.40. The molecule has 0 saturated heterocycles. The molecule has 0 aliphatic rings. The second-order valence-electron chi connectivity index (χ2n) is 3.26. The molecule has 0 aliphatic carbocycles. The van der Waals surface area contributed by atoms with E-state index in [2.05, 4.69) is 24.3 Å². The summed E-state index contributed by atoms with van der Waals surface area (Å²) < 4.78 is 10.5. The van der Waals surface area contributed by atoms with Crippen molar-refractivity contribution in [2.75, 3.05) is 7.11 Å². The summed E-state index contributed by atoms with van der Waals surface area (Å²) in [5.74, 6) is 0. The number of aryl methyl sites for hydroxylation is 1. The zero-order chi connectivity index (χ0) is 10.2. The van der Waals surface area contributed by atoms with Gasteiger partial charge < -0.3 is 9.16 Å². The topological polar surface area (TPSA) is 18.5 Å². The zero-order valence-corrected chi connectivity index (χ0v) is 10.3. The fraction of sp³-hybridized carbons (Fsp3) is 0.455. The Balaban J connectivity index is 2.10. The Hall–Kier alpha value is -0.643. The number of methoxy groups -OCH3 is 1. The Bertz CT molecular complexity index is 238. The van der Waals surface area contributed by atoms with Crippen molar-refractivity contribution in [1.82, 2.24) is 0 Å². The highest BCUT2D eigenvalue weighted by Crippen LogP contribution is 2.03. The van der Waals surface area contributed by atoms with Crippen LogP contribution in [-0.4, -0.2) is 23.2 Å². The fourth-order valence-corrected chi connectivity index (χ4v) is 2.43. The van der Waals surface area contributed by atoms with Gasteiger partial charge in [0.25, 0.3) is 0 Å². The molecule has 0 heterocycles. The van der Waals surface area contributed by atoms with Crippen molar-refractivity contribution in [3.05, 3.63) is 35.9 Å². The lowest BCUT2D eigenvalue weighted by atomic mass is 10.2. The van der Waals surface area contributed by atoms with Crippen LogP contribution >= 0.6 is 0 Å². The Morgan fingerprint density at radius 3 is 2.64 bits per heavy atom. The van der Waals surface area contributed by atoms with Crippen LogP contribution in [0.15, 0.2) is 30.3 Å². The highest BCUT2D eigenvalue weighted by molar-refractivity contribution is 6.27. The van der Waals surface area contributed by atoms with Crippen molar-refractivity contribution in [3.63, 3.8) is 0 Å². The molecule has 0 bridgehead atoms. The van der Waals surface area contributed by atoms with E-state index in [4.69, 9.17) is 9.16 Å². The van der Waals surface area contributed by atoms with Crippen LogP contribution in [0.25, 0.3) is 0 Å². The first kappa shape index (κ1) is 11.4. The van der Waals surface area contributed by atoms with Gasteiger partial charge in [0.1, 0.15) is 6.29 Å². The predicted octanol–water partition coefficient (Wildman–Crippen LogP) is 1.74. The van der Waals surface area contributed by atoms with Crippen LogP contribution in [0.3, 0.4) is 0 Å². The molecule has 1 aromatic rings. The van der Waals surface area contributed by atoms with Crippen LogP contribution in [0, 0.1) is 0 Å². The van der Waals surface area contributed by atoms with Gasteiger partial charge in [-0.25, -0.2) is 0 Å². The Kier molecular flexibility index (Phi) is 5.52. The zero-order valence-electron chi connectivity index (χ0n) is 8.90. The smallest absolute Gasteiger partial charge is 0.165 e. The van der Waals surface area contributed by atoms with Crippen LogP contribution in [0.2, 0.25) is 6.04 Å². The van der Waals surface area contributed by atoms with E-state index in [1.165, 1.54) is 11.6 Å². The molecule has 2 nitrogen and oxygen atoms in total. The van der Waals surface area contributed by atoms with E-state index in [-0.39, 0.29) is 6.29 Å². The van der Waals surface area contributed by atoms with E-state index in [0.717, 1.165) is 6.42 Å². The molecule has 0 aliphatic heterocycles. The summed E-state index contributed by atoms with van der Waals surface area (Å²) in [6.45, 7) is 1.94. The molecule has 0 spiro atoms. The summed E-state index contributed by atoms with van der Waals surface area (Å²) >= 11 is 0. The van der Waals surface area contributed by atoms with Gasteiger partial charge in [-0.15, -0.1) is 0 Å². The molecule has 1 atom stereocenters. The summed E-state index contributed by atoms with van der Waals surface area (Å²) in [6.07, 6.45) is 1.10. The molecule has 1 rings (SSSR count). The maximum Gasteiger partial charge on any atom is 0.165 e. The molecule has 0 amide bonds. The van der Waals surface area contributed by atoms with Crippen LogP contribution in [0.5, 0.6) is 0 Å². The molecule has 0 saturated carbocycles. The van der Waals surface area contributed by atoms with Crippen LogP contribution in [-0.2, 0) is 15.6 Å². The third kappa shape index (κ3) is 4.55. The van der Waals surface area contributed by atoms with Crippen molar-refractivity contribution in [2.45, 2.75) is 25.7 Å². The normalized spacial score (nSPS) is 13.6. The summed E-state index contributed by atoms with van der Waals surface area (Å²) in [7, 11) is 1.26. The van der Waals surface area contributed by atoms with Crippen molar-refractivity contribution in [3.8, 4) is 0 Å². The molecular weight excluding hydrogens is 192 g/mol. The van der Waals surface area contributed by atoms with Gasteiger partial charge in [-0.05, 0) is 25.0 Å². The van der Waals surface area contributed by atoms with E-state index in [9.17, 15) is 0 Å². The summed E-state index contributed by atoms with van der Waals surface area (Å²) in [4.78, 5) is 0. The third-order valence-electron chi connectivity index (χ3n) is 2.14. The second kappa shape index (κ2) is 6.76. The fourth-order valence-electron chi connectivity index (χ4n) is 1.24.